The van der Waals surface area contributed by atoms with Crippen molar-refractivity contribution in [3.8, 4) is 6.07 Å². The summed E-state index contributed by atoms with van der Waals surface area (Å²) < 4.78 is 39.8. The second kappa shape index (κ2) is 12.3. The number of fused-ring (bicyclic) bond motifs is 1. The molecule has 0 amide bonds. The number of nitrogens with two attached hydrogens (primary N) is 1. The summed E-state index contributed by atoms with van der Waals surface area (Å²) in [6.07, 6.45) is -1.93. The van der Waals surface area contributed by atoms with Gasteiger partial charge in [0.15, 0.2) is 24.6 Å². The molecule has 0 saturated heterocycles. The molecule has 1 unspecified atom stereocenters. The molecule has 0 fully saturated rings. The Morgan fingerprint density at radius 2 is 1.92 bits per heavy atom. The Bertz CT molecular complexity index is 1180. The summed E-state index contributed by atoms with van der Waals surface area (Å²) >= 11 is 0. The maximum absolute atomic E-state index is 12.4. The molecular weight excluding hydrogens is 499 g/mol. The van der Waals surface area contributed by atoms with Crippen LogP contribution in [0.3, 0.4) is 0 Å². The number of nitriles is 1. The van der Waals surface area contributed by atoms with Crippen LogP contribution in [0.4, 0.5) is 5.82 Å². The van der Waals surface area contributed by atoms with E-state index < -0.39 is 56.5 Å². The topological polar surface area (TPSA) is 206 Å². The maximum Gasteiger partial charge on any atom is 0.613 e. The van der Waals surface area contributed by atoms with E-state index in [2.05, 4.69) is 19.9 Å². The highest BCUT2D eigenvalue weighted by atomic mass is 31.1. The number of carbonyl (C=O) groups is 3. The number of aromatic nitrogens is 3. The third-order valence-electron chi connectivity index (χ3n) is 4.93. The van der Waals surface area contributed by atoms with Crippen LogP contribution >= 0.6 is 8.18 Å². The lowest BCUT2D eigenvalue weighted by molar-refractivity contribution is -0.191. The predicted molar refractivity (Wildman–Crippen MR) is 121 cm³/mol. The number of hydrogen-bond donors (Lipinski definition) is 2. The molecule has 2 rings (SSSR count). The molecule has 2 aromatic heterocycles. The van der Waals surface area contributed by atoms with Gasteiger partial charge in [0.05, 0.1) is 12.8 Å². The summed E-state index contributed by atoms with van der Waals surface area (Å²) in [5.41, 5.74) is 4.26. The van der Waals surface area contributed by atoms with Crippen molar-refractivity contribution < 1.29 is 42.4 Å². The fraction of sp³-hybridized carbons (Fsp3) is 0.500. The molecule has 0 bridgehead atoms. The highest BCUT2D eigenvalue weighted by molar-refractivity contribution is 7.36. The number of carbonyl (C=O) groups excluding carboxylic acids is 3. The molecule has 0 aliphatic rings. The van der Waals surface area contributed by atoms with Crippen molar-refractivity contribution in [1.29, 1.82) is 5.26 Å². The molecule has 194 valence electrons. The van der Waals surface area contributed by atoms with Gasteiger partial charge in [0.2, 0.25) is 5.60 Å². The summed E-state index contributed by atoms with van der Waals surface area (Å²) in [5, 5.41) is 16.6. The standard InChI is InChI=1S/C20H26N6O9P/c1-11(19(29)31-4)25-36(30)33-9-20(8-21,32-5)17(35-13(3)28)16(34-12(2)27)14-6-7-15-18(22)23-10-24-26(14)15/h6-7,10-11,16-17H,9H2,1-5H3,(H,25,30)(H2,22,23,24)/q+1/t11-,16-,17-,20+/m0/s1. The number of nitrogens with one attached hydrogen (secondary N) is 1. The number of anilines is 1. The highest BCUT2D eigenvalue weighted by Crippen LogP contribution is 2.36. The van der Waals surface area contributed by atoms with E-state index in [1.54, 1.807) is 6.07 Å². The van der Waals surface area contributed by atoms with Gasteiger partial charge in [-0.15, -0.1) is 4.52 Å². The number of ether oxygens (including phenoxy) is 4. The second-order valence-corrected chi connectivity index (χ2v) is 8.40. The first-order valence-electron chi connectivity index (χ1n) is 10.3. The molecule has 0 aliphatic heterocycles. The van der Waals surface area contributed by atoms with Crippen LogP contribution in [0.5, 0.6) is 0 Å². The van der Waals surface area contributed by atoms with E-state index in [0.29, 0.717) is 5.52 Å². The van der Waals surface area contributed by atoms with Crippen molar-refractivity contribution in [3.05, 3.63) is 24.2 Å². The fourth-order valence-electron chi connectivity index (χ4n) is 3.20. The first-order chi connectivity index (χ1) is 17.0. The Morgan fingerprint density at radius 1 is 1.25 bits per heavy atom. The molecule has 2 heterocycles. The molecule has 0 saturated carbocycles. The molecule has 0 aromatic carbocycles. The molecule has 0 spiro atoms. The first kappa shape index (κ1) is 28.5. The van der Waals surface area contributed by atoms with Crippen molar-refractivity contribution in [2.45, 2.75) is 44.6 Å². The van der Waals surface area contributed by atoms with E-state index >= 15 is 0 Å². The van der Waals surface area contributed by atoms with Gasteiger partial charge in [-0.25, -0.2) is 9.50 Å². The van der Waals surface area contributed by atoms with Crippen molar-refractivity contribution in [2.24, 2.45) is 0 Å². The molecule has 0 radical (unpaired) electrons. The van der Waals surface area contributed by atoms with Crippen LogP contribution in [0.15, 0.2) is 18.5 Å². The largest absolute Gasteiger partial charge is 0.613 e. The number of hydrogen-bond acceptors (Lipinski definition) is 13. The van der Waals surface area contributed by atoms with Gasteiger partial charge in [0, 0.05) is 21.0 Å². The van der Waals surface area contributed by atoms with Gasteiger partial charge in [0.25, 0.3) is 0 Å². The quantitative estimate of drug-likeness (QED) is 0.221. The molecule has 0 aliphatic carbocycles. The summed E-state index contributed by atoms with van der Waals surface area (Å²) in [5.74, 6) is -2.20. The van der Waals surface area contributed by atoms with E-state index in [9.17, 15) is 24.2 Å². The number of esters is 3. The average molecular weight is 525 g/mol. The Morgan fingerprint density at radius 3 is 2.47 bits per heavy atom. The molecule has 36 heavy (non-hydrogen) atoms. The van der Waals surface area contributed by atoms with Gasteiger partial charge in [-0.2, -0.15) is 10.4 Å². The highest BCUT2D eigenvalue weighted by Gasteiger charge is 2.52. The predicted octanol–water partition coefficient (Wildman–Crippen LogP) is 0.581. The number of methoxy groups -OCH3 is 2. The van der Waals surface area contributed by atoms with Crippen LogP contribution in [-0.2, 0) is 42.4 Å². The summed E-state index contributed by atoms with van der Waals surface area (Å²) in [4.78, 5) is 39.6. The third-order valence-corrected chi connectivity index (χ3v) is 5.89. The smallest absolute Gasteiger partial charge is 0.468 e. The fourth-order valence-corrected chi connectivity index (χ4v) is 4.01. The van der Waals surface area contributed by atoms with Crippen LogP contribution < -0.4 is 10.8 Å². The second-order valence-electron chi connectivity index (χ2n) is 7.37. The van der Waals surface area contributed by atoms with Crippen LogP contribution in [0.25, 0.3) is 5.52 Å². The van der Waals surface area contributed by atoms with Gasteiger partial charge in [0.1, 0.15) is 24.0 Å². The first-order valence-corrected chi connectivity index (χ1v) is 11.5. The average Bonchev–Trinajstić information content (AvgIpc) is 3.27. The number of rotatable bonds is 12. The van der Waals surface area contributed by atoms with Crippen molar-refractivity contribution in [2.75, 3.05) is 26.6 Å². The lowest BCUT2D eigenvalue weighted by atomic mass is 9.92. The van der Waals surface area contributed by atoms with Crippen LogP contribution in [-0.4, -0.2) is 71.1 Å². The Balaban J connectivity index is 2.51. The zero-order valence-electron chi connectivity index (χ0n) is 20.2. The summed E-state index contributed by atoms with van der Waals surface area (Å²) in [6, 6.07) is 3.89. The van der Waals surface area contributed by atoms with E-state index in [1.807, 2.05) is 6.07 Å². The van der Waals surface area contributed by atoms with Crippen LogP contribution in [0.1, 0.15) is 32.6 Å². The molecule has 16 heteroatoms. The zero-order valence-corrected chi connectivity index (χ0v) is 21.1. The van der Waals surface area contributed by atoms with Crippen molar-refractivity contribution in [3.63, 3.8) is 0 Å². The van der Waals surface area contributed by atoms with E-state index in [1.165, 1.54) is 17.5 Å². The third kappa shape index (κ3) is 6.49. The Hall–Kier alpha value is -3.70. The number of nitrogen functional groups attached to an aromatic ring is 1. The normalized spacial score (nSPS) is 15.6. The number of nitrogens with zero attached hydrogens (tertiary/aromatic N) is 4. The van der Waals surface area contributed by atoms with Crippen molar-refractivity contribution >= 4 is 37.4 Å². The van der Waals surface area contributed by atoms with E-state index in [0.717, 1.165) is 34.4 Å². The van der Waals surface area contributed by atoms with E-state index in [4.69, 9.17) is 24.5 Å². The molecule has 15 nitrogen and oxygen atoms in total. The van der Waals surface area contributed by atoms with Crippen molar-refractivity contribution in [1.82, 2.24) is 19.7 Å². The van der Waals surface area contributed by atoms with Gasteiger partial charge < -0.3 is 24.7 Å². The summed E-state index contributed by atoms with van der Waals surface area (Å²) in [7, 11) is -0.433. The van der Waals surface area contributed by atoms with Gasteiger partial charge in [-0.3, -0.25) is 14.4 Å². The molecule has 5 atom stereocenters. The van der Waals surface area contributed by atoms with Gasteiger partial charge in [-0.1, -0.05) is 5.09 Å². The van der Waals surface area contributed by atoms with Crippen LogP contribution in [0.2, 0.25) is 0 Å². The van der Waals surface area contributed by atoms with Gasteiger partial charge >= 0.3 is 26.1 Å². The minimum atomic E-state index is -2.72. The minimum Gasteiger partial charge on any atom is -0.468 e. The minimum absolute atomic E-state index is 0.117. The lowest BCUT2D eigenvalue weighted by Gasteiger charge is -2.35. The lowest BCUT2D eigenvalue weighted by Crippen LogP contribution is -2.52. The maximum atomic E-state index is 12.4. The molecular formula is C20H26N6O9P+. The Kier molecular flexibility index (Phi) is 9.76. The molecule has 3 N–H and O–H groups in total. The Labute approximate surface area is 206 Å². The zero-order chi connectivity index (χ0) is 27.0. The summed E-state index contributed by atoms with van der Waals surface area (Å²) in [6.45, 7) is 2.85. The monoisotopic (exact) mass is 525 g/mol. The molecule has 2 aromatic rings. The van der Waals surface area contributed by atoms with Crippen LogP contribution in [0, 0.1) is 11.3 Å². The SMILES string of the molecule is COC(=O)[C@H](C)N[P+](=O)OC[C@@](C#N)(OC)[C@@H](OC(C)=O)[C@@H](OC(C)=O)c1ccc2c(N)ncnn12. The van der Waals surface area contributed by atoms with E-state index in [-0.39, 0.29) is 11.5 Å². The van der Waals surface area contributed by atoms with Gasteiger partial charge in [-0.05, 0) is 23.6 Å².